The third-order valence-electron chi connectivity index (χ3n) is 4.64. The van der Waals surface area contributed by atoms with E-state index < -0.39 is 0 Å². The van der Waals surface area contributed by atoms with Crippen molar-refractivity contribution in [3.8, 4) is 0 Å². The molecule has 25 heavy (non-hydrogen) atoms. The molecule has 5 heteroatoms. The third kappa shape index (κ3) is 6.86. The first-order valence-corrected chi connectivity index (χ1v) is 9.40. The average molecular weight is 345 g/mol. The van der Waals surface area contributed by atoms with Gasteiger partial charge in [0, 0.05) is 23.7 Å². The monoisotopic (exact) mass is 345 g/mol. The quantitative estimate of drug-likeness (QED) is 0.590. The van der Waals surface area contributed by atoms with E-state index in [1.54, 1.807) is 24.3 Å². The predicted molar refractivity (Wildman–Crippen MR) is 101 cm³/mol. The van der Waals surface area contributed by atoms with Gasteiger partial charge in [0.1, 0.15) is 0 Å². The molecular formula is C20H31N3O2. The van der Waals surface area contributed by atoms with E-state index in [1.807, 2.05) is 14.1 Å². The Labute approximate surface area is 151 Å². The Balaban J connectivity index is 1.88. The fraction of sp³-hybridized carbons (Fsp3) is 0.600. The van der Waals surface area contributed by atoms with Crippen LogP contribution in [0.2, 0.25) is 0 Å². The van der Waals surface area contributed by atoms with Gasteiger partial charge in [-0.25, -0.2) is 0 Å². The Morgan fingerprint density at radius 1 is 1.04 bits per heavy atom. The zero-order valence-electron chi connectivity index (χ0n) is 15.5. The molecule has 0 bridgehead atoms. The van der Waals surface area contributed by atoms with E-state index in [9.17, 15) is 9.59 Å². The number of rotatable bonds is 7. The van der Waals surface area contributed by atoms with Gasteiger partial charge < -0.3 is 15.5 Å². The molecule has 5 nitrogen and oxygen atoms in total. The van der Waals surface area contributed by atoms with Crippen molar-refractivity contribution in [2.24, 2.45) is 0 Å². The summed E-state index contributed by atoms with van der Waals surface area (Å²) in [4.78, 5) is 26.8. The van der Waals surface area contributed by atoms with E-state index in [-0.39, 0.29) is 17.9 Å². The van der Waals surface area contributed by atoms with Crippen LogP contribution in [0.25, 0.3) is 0 Å². The second-order valence-corrected chi connectivity index (χ2v) is 7.16. The molecular weight excluding hydrogens is 314 g/mol. The zero-order valence-corrected chi connectivity index (χ0v) is 15.5. The summed E-state index contributed by atoms with van der Waals surface area (Å²) >= 11 is 0. The normalized spacial score (nSPS) is 15.6. The molecule has 1 aliphatic rings. The summed E-state index contributed by atoms with van der Waals surface area (Å²) in [5.41, 5.74) is 1.10. The molecule has 1 aliphatic carbocycles. The van der Waals surface area contributed by atoms with Crippen LogP contribution in [0.1, 0.15) is 65.7 Å². The largest absolute Gasteiger partial charge is 0.352 e. The molecule has 2 rings (SSSR count). The van der Waals surface area contributed by atoms with Crippen LogP contribution in [-0.4, -0.2) is 49.9 Å². The van der Waals surface area contributed by atoms with Crippen LogP contribution in [0.15, 0.2) is 24.3 Å². The highest BCUT2D eigenvalue weighted by Crippen LogP contribution is 2.17. The zero-order chi connectivity index (χ0) is 18.1. The maximum Gasteiger partial charge on any atom is 0.251 e. The second-order valence-electron chi connectivity index (χ2n) is 7.16. The fourth-order valence-electron chi connectivity index (χ4n) is 3.19. The third-order valence-corrected chi connectivity index (χ3v) is 4.64. The van der Waals surface area contributed by atoms with Crippen LogP contribution in [0.4, 0.5) is 0 Å². The maximum absolute atomic E-state index is 12.5. The average Bonchev–Trinajstić information content (AvgIpc) is 2.87. The first-order chi connectivity index (χ1) is 12.1. The minimum Gasteiger partial charge on any atom is -0.352 e. The molecule has 0 aromatic heterocycles. The Morgan fingerprint density at radius 3 is 2.32 bits per heavy atom. The molecule has 1 saturated carbocycles. The molecule has 1 aromatic rings. The number of hydrogen-bond donors (Lipinski definition) is 2. The SMILES string of the molecule is CN(C)CCCNC(=O)c1cccc(C(=O)NC2CCCCCC2)c1. The summed E-state index contributed by atoms with van der Waals surface area (Å²) in [5, 5.41) is 6.04. The van der Waals surface area contributed by atoms with Crippen molar-refractivity contribution in [3.63, 3.8) is 0 Å². The summed E-state index contributed by atoms with van der Waals surface area (Å²) < 4.78 is 0. The summed E-state index contributed by atoms with van der Waals surface area (Å²) in [6, 6.07) is 7.25. The highest BCUT2D eigenvalue weighted by molar-refractivity contribution is 5.99. The number of amides is 2. The van der Waals surface area contributed by atoms with Crippen LogP contribution in [0, 0.1) is 0 Å². The molecule has 0 radical (unpaired) electrons. The van der Waals surface area contributed by atoms with Crippen molar-refractivity contribution in [2.45, 2.75) is 51.0 Å². The lowest BCUT2D eigenvalue weighted by Gasteiger charge is -2.16. The highest BCUT2D eigenvalue weighted by atomic mass is 16.2. The smallest absolute Gasteiger partial charge is 0.251 e. The molecule has 0 saturated heterocycles. The standard InChI is InChI=1S/C20H31N3O2/c1-23(2)14-8-13-21-19(24)16-9-7-10-17(15-16)20(25)22-18-11-5-3-4-6-12-18/h7,9-10,15,18H,3-6,8,11-14H2,1-2H3,(H,21,24)(H,22,25). The van der Waals surface area contributed by atoms with E-state index in [2.05, 4.69) is 15.5 Å². The molecule has 138 valence electrons. The van der Waals surface area contributed by atoms with Crippen molar-refractivity contribution in [2.75, 3.05) is 27.2 Å². The lowest BCUT2D eigenvalue weighted by atomic mass is 10.1. The molecule has 0 spiro atoms. The summed E-state index contributed by atoms with van der Waals surface area (Å²) in [6.07, 6.45) is 7.89. The number of carbonyl (C=O) groups excluding carboxylic acids is 2. The van der Waals surface area contributed by atoms with Gasteiger partial charge in [-0.1, -0.05) is 31.7 Å². The van der Waals surface area contributed by atoms with E-state index in [1.165, 1.54) is 25.7 Å². The van der Waals surface area contributed by atoms with Crippen LogP contribution in [-0.2, 0) is 0 Å². The topological polar surface area (TPSA) is 61.4 Å². The van der Waals surface area contributed by atoms with Crippen molar-refractivity contribution in [1.29, 1.82) is 0 Å². The molecule has 0 unspecified atom stereocenters. The maximum atomic E-state index is 12.5. The van der Waals surface area contributed by atoms with E-state index in [0.717, 1.165) is 25.8 Å². The van der Waals surface area contributed by atoms with Crippen LogP contribution < -0.4 is 10.6 Å². The van der Waals surface area contributed by atoms with Crippen molar-refractivity contribution in [3.05, 3.63) is 35.4 Å². The predicted octanol–water partition coefficient (Wildman–Crippen LogP) is 2.82. The van der Waals surface area contributed by atoms with Gasteiger partial charge in [0.2, 0.25) is 0 Å². The van der Waals surface area contributed by atoms with Gasteiger partial charge in [0.15, 0.2) is 0 Å². The van der Waals surface area contributed by atoms with Gasteiger partial charge in [-0.05, 0) is 58.1 Å². The van der Waals surface area contributed by atoms with Crippen LogP contribution in [0.3, 0.4) is 0 Å². The van der Waals surface area contributed by atoms with Crippen molar-refractivity contribution >= 4 is 11.8 Å². The first-order valence-electron chi connectivity index (χ1n) is 9.40. The minimum absolute atomic E-state index is 0.0749. The molecule has 2 amide bonds. The highest BCUT2D eigenvalue weighted by Gasteiger charge is 2.16. The van der Waals surface area contributed by atoms with E-state index >= 15 is 0 Å². The van der Waals surface area contributed by atoms with E-state index in [0.29, 0.717) is 17.7 Å². The molecule has 0 aliphatic heterocycles. The first kappa shape index (κ1) is 19.4. The summed E-state index contributed by atoms with van der Waals surface area (Å²) in [7, 11) is 4.02. The van der Waals surface area contributed by atoms with Crippen LogP contribution >= 0.6 is 0 Å². The molecule has 1 fully saturated rings. The Kier molecular flexibility index (Phi) is 7.92. The molecule has 2 N–H and O–H groups in total. The Bertz CT molecular complexity index is 564. The number of hydrogen-bond acceptors (Lipinski definition) is 3. The molecule has 0 atom stereocenters. The van der Waals surface area contributed by atoms with Gasteiger partial charge in [-0.15, -0.1) is 0 Å². The van der Waals surface area contributed by atoms with E-state index in [4.69, 9.17) is 0 Å². The van der Waals surface area contributed by atoms with Gasteiger partial charge in [-0.2, -0.15) is 0 Å². The van der Waals surface area contributed by atoms with Crippen molar-refractivity contribution < 1.29 is 9.59 Å². The fourth-order valence-corrected chi connectivity index (χ4v) is 3.19. The van der Waals surface area contributed by atoms with Gasteiger partial charge in [-0.3, -0.25) is 9.59 Å². The van der Waals surface area contributed by atoms with Gasteiger partial charge in [0.05, 0.1) is 0 Å². The molecule has 1 aromatic carbocycles. The van der Waals surface area contributed by atoms with Crippen molar-refractivity contribution in [1.82, 2.24) is 15.5 Å². The number of carbonyl (C=O) groups is 2. The number of nitrogens with zero attached hydrogens (tertiary/aromatic N) is 1. The summed E-state index contributed by atoms with van der Waals surface area (Å²) in [5.74, 6) is -0.197. The molecule has 0 heterocycles. The second kappa shape index (κ2) is 10.2. The lowest BCUT2D eigenvalue weighted by Crippen LogP contribution is -2.34. The number of benzene rings is 1. The summed E-state index contributed by atoms with van der Waals surface area (Å²) in [6.45, 7) is 1.57. The minimum atomic E-state index is -0.122. The van der Waals surface area contributed by atoms with Gasteiger partial charge >= 0.3 is 0 Å². The lowest BCUT2D eigenvalue weighted by molar-refractivity contribution is 0.0933. The van der Waals surface area contributed by atoms with Gasteiger partial charge in [0.25, 0.3) is 11.8 Å². The Hall–Kier alpha value is -1.88. The Morgan fingerprint density at radius 2 is 1.68 bits per heavy atom. The van der Waals surface area contributed by atoms with Crippen LogP contribution in [0.5, 0.6) is 0 Å². The number of nitrogens with one attached hydrogen (secondary N) is 2.